The third-order valence-electron chi connectivity index (χ3n) is 5.81. The first kappa shape index (κ1) is 21.7. The molecule has 3 aliphatic rings. The van der Waals surface area contributed by atoms with Crippen molar-refractivity contribution in [2.45, 2.75) is 25.6 Å². The minimum absolute atomic E-state index is 0. The molecule has 4 heterocycles. The van der Waals surface area contributed by atoms with Gasteiger partial charge in [-0.1, -0.05) is 18.2 Å². The average Bonchev–Trinajstić information content (AvgIpc) is 3.22. The van der Waals surface area contributed by atoms with Crippen LogP contribution in [0.3, 0.4) is 0 Å². The molecule has 2 aromatic rings. The van der Waals surface area contributed by atoms with Gasteiger partial charge in [-0.3, -0.25) is 4.79 Å². The summed E-state index contributed by atoms with van der Waals surface area (Å²) in [4.78, 5) is 25.5. The third kappa shape index (κ3) is 5.15. The summed E-state index contributed by atoms with van der Waals surface area (Å²) in [5, 5.41) is 1.91. The lowest BCUT2D eigenvalue weighted by Crippen LogP contribution is -3.00. The Kier molecular flexibility index (Phi) is 6.93. The summed E-state index contributed by atoms with van der Waals surface area (Å²) >= 11 is 1.47. The fourth-order valence-corrected chi connectivity index (χ4v) is 4.98. The molecular weight excluding hydrogens is 417 g/mol. The number of benzene rings is 1. The zero-order valence-corrected chi connectivity index (χ0v) is 17.5. The Balaban J connectivity index is 0.00000240. The fraction of sp³-hybridized carbons (Fsp3) is 0.429. The van der Waals surface area contributed by atoms with Gasteiger partial charge in [-0.25, -0.2) is 9.18 Å². The molecule has 0 saturated carbocycles. The number of ketones is 1. The van der Waals surface area contributed by atoms with E-state index < -0.39 is 6.16 Å². The van der Waals surface area contributed by atoms with Crippen molar-refractivity contribution in [3.8, 4) is 0 Å². The van der Waals surface area contributed by atoms with E-state index in [2.05, 4.69) is 0 Å². The van der Waals surface area contributed by atoms with Gasteiger partial charge in [0.2, 0.25) is 5.78 Å². The second kappa shape index (κ2) is 9.24. The van der Waals surface area contributed by atoms with Gasteiger partial charge in [-0.2, -0.15) is 0 Å². The highest BCUT2D eigenvalue weighted by Crippen LogP contribution is 2.36. The van der Waals surface area contributed by atoms with Crippen molar-refractivity contribution in [1.29, 1.82) is 0 Å². The highest BCUT2D eigenvalue weighted by atomic mass is 35.5. The molecule has 3 aliphatic heterocycles. The first-order valence-corrected chi connectivity index (χ1v) is 10.4. The van der Waals surface area contributed by atoms with E-state index in [9.17, 15) is 14.0 Å². The monoisotopic (exact) mass is 439 g/mol. The Morgan fingerprint density at radius 1 is 1.17 bits per heavy atom. The zero-order valence-electron chi connectivity index (χ0n) is 15.9. The molecule has 0 unspecified atom stereocenters. The van der Waals surface area contributed by atoms with Crippen LogP contribution in [-0.4, -0.2) is 48.7 Å². The van der Waals surface area contributed by atoms with Crippen molar-refractivity contribution in [2.75, 3.05) is 26.2 Å². The van der Waals surface area contributed by atoms with Crippen LogP contribution in [0.15, 0.2) is 41.8 Å². The Labute approximate surface area is 179 Å². The number of halogens is 2. The van der Waals surface area contributed by atoms with Crippen LogP contribution >= 0.6 is 11.3 Å². The van der Waals surface area contributed by atoms with Crippen LogP contribution in [0.25, 0.3) is 0 Å². The van der Waals surface area contributed by atoms with Crippen LogP contribution < -0.4 is 12.4 Å². The third-order valence-corrected chi connectivity index (χ3v) is 6.72. The van der Waals surface area contributed by atoms with Crippen LogP contribution in [0, 0.1) is 11.7 Å². The largest absolute Gasteiger partial charge is 1.00 e. The zero-order chi connectivity index (χ0) is 19.6. The molecule has 0 spiro atoms. The number of fused-ring (bicyclic) bond motifs is 3. The van der Waals surface area contributed by atoms with Crippen LogP contribution in [0.1, 0.15) is 28.1 Å². The molecule has 1 aromatic heterocycles. The van der Waals surface area contributed by atoms with Crippen molar-refractivity contribution < 1.29 is 40.3 Å². The molecule has 1 atom stereocenters. The number of carbonyl (C=O) groups is 2. The maximum absolute atomic E-state index is 13.2. The lowest BCUT2D eigenvalue weighted by molar-refractivity contribution is -0.938. The van der Waals surface area contributed by atoms with Gasteiger partial charge >= 0.3 is 6.16 Å². The lowest BCUT2D eigenvalue weighted by atomic mass is 9.83. The normalized spacial score (nSPS) is 25.1. The molecule has 0 aliphatic carbocycles. The number of hydrogen-bond donors (Lipinski definition) is 0. The van der Waals surface area contributed by atoms with Gasteiger partial charge in [0.05, 0.1) is 18.0 Å². The number of piperidine rings is 3. The maximum atomic E-state index is 13.2. The van der Waals surface area contributed by atoms with Crippen LogP contribution in [-0.2, 0) is 16.1 Å². The molecule has 0 radical (unpaired) electrons. The van der Waals surface area contributed by atoms with E-state index >= 15 is 0 Å². The predicted octanol–water partition coefficient (Wildman–Crippen LogP) is 1.04. The van der Waals surface area contributed by atoms with Gasteiger partial charge in [0.1, 0.15) is 25.5 Å². The predicted molar refractivity (Wildman–Crippen MR) is 103 cm³/mol. The molecule has 156 valence electrons. The summed E-state index contributed by atoms with van der Waals surface area (Å²) in [7, 11) is 0. The molecule has 3 fully saturated rings. The average molecular weight is 440 g/mol. The van der Waals surface area contributed by atoms with Crippen molar-refractivity contribution in [3.63, 3.8) is 0 Å². The van der Waals surface area contributed by atoms with Crippen molar-refractivity contribution >= 4 is 23.3 Å². The quantitative estimate of drug-likeness (QED) is 0.383. The van der Waals surface area contributed by atoms with Crippen molar-refractivity contribution in [2.24, 2.45) is 5.92 Å². The first-order valence-electron chi connectivity index (χ1n) is 9.53. The van der Waals surface area contributed by atoms with Gasteiger partial charge in [0, 0.05) is 18.8 Å². The molecule has 5 nitrogen and oxygen atoms in total. The number of rotatable bonds is 6. The molecule has 0 N–H and O–H groups in total. The smallest absolute Gasteiger partial charge is 0.509 e. The van der Waals surface area contributed by atoms with Gasteiger partial charge < -0.3 is 26.4 Å². The fourth-order valence-electron chi connectivity index (χ4n) is 4.32. The van der Waals surface area contributed by atoms with E-state index in [0.717, 1.165) is 30.8 Å². The Morgan fingerprint density at radius 3 is 2.66 bits per heavy atom. The van der Waals surface area contributed by atoms with Gasteiger partial charge in [-0.15, -0.1) is 11.3 Å². The molecule has 29 heavy (non-hydrogen) atoms. The molecule has 0 amide bonds. The number of ether oxygens (including phenoxy) is 2. The van der Waals surface area contributed by atoms with E-state index in [1.807, 2.05) is 17.5 Å². The number of Topliss-reactive ketones (excluding diaryl/α,β-unsaturated/α-hetero) is 1. The van der Waals surface area contributed by atoms with Gasteiger partial charge in [0.25, 0.3) is 0 Å². The van der Waals surface area contributed by atoms with Crippen molar-refractivity contribution in [1.82, 2.24) is 0 Å². The summed E-state index contributed by atoms with van der Waals surface area (Å²) in [5.41, 5.74) is 0.580. The number of nitrogens with zero attached hydrogens (tertiary/aromatic N) is 1. The molecular formula is C21H23ClFNO4S. The van der Waals surface area contributed by atoms with E-state index in [1.54, 1.807) is 12.1 Å². The first-order chi connectivity index (χ1) is 13.5. The number of thiophene rings is 1. The van der Waals surface area contributed by atoms with Crippen LogP contribution in [0.4, 0.5) is 9.18 Å². The number of carbonyl (C=O) groups excluding carboxylic acids is 2. The van der Waals surface area contributed by atoms with E-state index in [4.69, 9.17) is 9.47 Å². The summed E-state index contributed by atoms with van der Waals surface area (Å²) < 4.78 is 24.7. The Morgan fingerprint density at radius 2 is 1.97 bits per heavy atom. The van der Waals surface area contributed by atoms with E-state index in [-0.39, 0.29) is 36.7 Å². The van der Waals surface area contributed by atoms with E-state index in [0.29, 0.717) is 29.1 Å². The Bertz CT molecular complexity index is 852. The summed E-state index contributed by atoms with van der Waals surface area (Å²) in [6.07, 6.45) is 0.920. The molecule has 5 rings (SSSR count). The minimum atomic E-state index is -0.731. The standard InChI is InChI=1S/C21H23FNO4S.ClH/c22-17-4-1-3-15(11-17)14-26-21(25)27-19-13-23(8-6-16(19)7-9-23)12-18(24)20-5-2-10-28-20;/h1-5,10-11,16,19H,6-9,12-14H2;1H/q+1;/p-1/t16?,19-,23?;/m0./s1. The molecule has 3 saturated heterocycles. The maximum Gasteiger partial charge on any atom is 0.509 e. The summed E-state index contributed by atoms with van der Waals surface area (Å²) in [5.74, 6) is 0.107. The SMILES string of the molecule is O=C(OCc1cccc(F)c1)O[C@H]1C[N+]2(CC(=O)c3cccs3)CCC1CC2.[Cl-]. The second-order valence-corrected chi connectivity index (χ2v) is 8.64. The van der Waals surface area contributed by atoms with Crippen LogP contribution in [0.2, 0.25) is 0 Å². The van der Waals surface area contributed by atoms with Gasteiger partial charge in [-0.05, 0) is 29.1 Å². The van der Waals surface area contributed by atoms with Gasteiger partial charge in [0.15, 0.2) is 6.10 Å². The Hall–Kier alpha value is -1.96. The highest BCUT2D eigenvalue weighted by Gasteiger charge is 2.48. The van der Waals surface area contributed by atoms with Crippen molar-refractivity contribution in [3.05, 3.63) is 58.0 Å². The second-order valence-electron chi connectivity index (χ2n) is 7.69. The molecule has 1 aromatic carbocycles. The minimum Gasteiger partial charge on any atom is -1.00 e. The lowest BCUT2D eigenvalue weighted by Gasteiger charge is -2.51. The molecule has 8 heteroatoms. The highest BCUT2D eigenvalue weighted by molar-refractivity contribution is 7.12. The number of quaternary nitrogens is 1. The summed E-state index contributed by atoms with van der Waals surface area (Å²) in [6, 6.07) is 9.69. The molecule has 2 bridgehead atoms. The number of hydrogen-bond acceptors (Lipinski definition) is 5. The topological polar surface area (TPSA) is 52.6 Å². The summed E-state index contributed by atoms with van der Waals surface area (Å²) in [6.45, 7) is 2.97. The van der Waals surface area contributed by atoms with Crippen LogP contribution in [0.5, 0.6) is 0 Å². The van der Waals surface area contributed by atoms with E-state index in [1.165, 1.54) is 23.5 Å².